The molecule has 2 N–H and O–H groups in total. The molecule has 2 aromatic heterocycles. The number of anilines is 1. The van der Waals surface area contributed by atoms with Crippen LogP contribution in [0.4, 0.5) is 5.82 Å². The topological polar surface area (TPSA) is 88.1 Å². The lowest BCUT2D eigenvalue weighted by molar-refractivity contribution is 0.288. The van der Waals surface area contributed by atoms with Gasteiger partial charge < -0.3 is 19.8 Å². The largest absolute Gasteiger partial charge is 0.497 e. The van der Waals surface area contributed by atoms with Gasteiger partial charge in [0.25, 0.3) is 0 Å². The van der Waals surface area contributed by atoms with Gasteiger partial charge in [-0.15, -0.1) is 0 Å². The van der Waals surface area contributed by atoms with Crippen LogP contribution < -0.4 is 15.2 Å². The highest BCUT2D eigenvalue weighted by atomic mass is 16.5. The summed E-state index contributed by atoms with van der Waals surface area (Å²) >= 11 is 0. The van der Waals surface area contributed by atoms with E-state index in [0.717, 1.165) is 42.9 Å². The first-order valence-corrected chi connectivity index (χ1v) is 10.5. The van der Waals surface area contributed by atoms with Crippen LogP contribution in [0.1, 0.15) is 25.3 Å². The molecule has 31 heavy (non-hydrogen) atoms. The summed E-state index contributed by atoms with van der Waals surface area (Å²) in [6, 6.07) is 18.4. The molecule has 4 rings (SSSR count). The first kappa shape index (κ1) is 20.7. The lowest BCUT2D eigenvalue weighted by Gasteiger charge is -2.09. The molecule has 0 aliphatic heterocycles. The minimum Gasteiger partial charge on any atom is -0.497 e. The molecule has 0 radical (unpaired) electrons. The van der Waals surface area contributed by atoms with Crippen LogP contribution in [0.2, 0.25) is 0 Å². The number of imidazole rings is 1. The van der Waals surface area contributed by atoms with E-state index >= 15 is 0 Å². The van der Waals surface area contributed by atoms with Gasteiger partial charge in [-0.05, 0) is 49.1 Å². The maximum atomic E-state index is 6.23. The number of aromatic nitrogens is 4. The Morgan fingerprint density at radius 3 is 2.45 bits per heavy atom. The fraction of sp³-hybridized carbons (Fsp3) is 0.292. The Kier molecular flexibility index (Phi) is 6.31. The average Bonchev–Trinajstić information content (AvgIpc) is 3.17. The number of rotatable bonds is 9. The predicted octanol–water partition coefficient (Wildman–Crippen LogP) is 4.51. The Labute approximate surface area is 181 Å². The van der Waals surface area contributed by atoms with Crippen molar-refractivity contribution in [1.82, 2.24) is 19.5 Å². The van der Waals surface area contributed by atoms with Crippen molar-refractivity contribution >= 4 is 17.0 Å². The number of hydrogen-bond acceptors (Lipinski definition) is 6. The Morgan fingerprint density at radius 1 is 0.968 bits per heavy atom. The van der Waals surface area contributed by atoms with Gasteiger partial charge in [0.2, 0.25) is 0 Å². The minimum atomic E-state index is 0.289. The summed E-state index contributed by atoms with van der Waals surface area (Å²) in [6.45, 7) is 3.41. The second-order valence-corrected chi connectivity index (χ2v) is 7.32. The Morgan fingerprint density at radius 2 is 1.74 bits per heavy atom. The van der Waals surface area contributed by atoms with Crippen LogP contribution in [0.25, 0.3) is 22.6 Å². The van der Waals surface area contributed by atoms with Gasteiger partial charge in [0.1, 0.15) is 11.6 Å². The number of ether oxygens (including phenoxy) is 2. The van der Waals surface area contributed by atoms with Crippen molar-refractivity contribution in [2.24, 2.45) is 0 Å². The molecule has 4 aromatic rings. The molecule has 160 valence electrons. The van der Waals surface area contributed by atoms with Crippen LogP contribution in [0.15, 0.2) is 54.6 Å². The number of hydrogen-bond donors (Lipinski definition) is 1. The lowest BCUT2D eigenvalue weighted by Crippen LogP contribution is -2.06. The summed E-state index contributed by atoms with van der Waals surface area (Å²) < 4.78 is 13.2. The molecule has 0 bridgehead atoms. The van der Waals surface area contributed by atoms with Gasteiger partial charge in [-0.1, -0.05) is 37.3 Å². The molecule has 7 nitrogen and oxygen atoms in total. The molecule has 2 heterocycles. The normalized spacial score (nSPS) is 11.0. The monoisotopic (exact) mass is 417 g/mol. The van der Waals surface area contributed by atoms with E-state index in [0.29, 0.717) is 23.6 Å². The molecule has 7 heteroatoms. The summed E-state index contributed by atoms with van der Waals surface area (Å²) in [5, 5.41) is 0. The second-order valence-electron chi connectivity index (χ2n) is 7.32. The van der Waals surface area contributed by atoms with Gasteiger partial charge >= 0.3 is 6.01 Å². The standard InChI is InChI=1S/C24H27N5O2/c1-3-15-29-22(18-11-13-19(30-2)14-12-18)26-20-21(25)27-24(28-23(20)29)31-16-7-10-17-8-5-4-6-9-17/h4-6,8-9,11-14H,3,7,10,15-16H2,1-2H3,(H2,25,27,28). The van der Waals surface area contributed by atoms with E-state index in [9.17, 15) is 0 Å². The van der Waals surface area contributed by atoms with E-state index in [-0.39, 0.29) is 6.01 Å². The van der Waals surface area contributed by atoms with Crippen LogP contribution in [0.3, 0.4) is 0 Å². The number of aryl methyl sites for hydroxylation is 2. The lowest BCUT2D eigenvalue weighted by atomic mass is 10.1. The third-order valence-electron chi connectivity index (χ3n) is 5.08. The molecular formula is C24H27N5O2. The van der Waals surface area contributed by atoms with Gasteiger partial charge in [0.15, 0.2) is 17.0 Å². The van der Waals surface area contributed by atoms with Crippen LogP contribution in [-0.2, 0) is 13.0 Å². The molecule has 0 aliphatic rings. The molecule has 0 amide bonds. The first-order valence-electron chi connectivity index (χ1n) is 10.5. The fourth-order valence-electron chi connectivity index (χ4n) is 3.55. The summed E-state index contributed by atoms with van der Waals surface area (Å²) in [4.78, 5) is 13.7. The highest BCUT2D eigenvalue weighted by Crippen LogP contribution is 2.29. The molecule has 2 aromatic carbocycles. The van der Waals surface area contributed by atoms with E-state index in [1.54, 1.807) is 7.11 Å². The number of methoxy groups -OCH3 is 1. The zero-order chi connectivity index (χ0) is 21.6. The zero-order valence-corrected chi connectivity index (χ0v) is 17.9. The van der Waals surface area contributed by atoms with Crippen molar-refractivity contribution < 1.29 is 9.47 Å². The molecule has 0 saturated heterocycles. The quantitative estimate of drug-likeness (QED) is 0.403. The van der Waals surface area contributed by atoms with Crippen molar-refractivity contribution in [3.63, 3.8) is 0 Å². The third kappa shape index (κ3) is 4.60. The van der Waals surface area contributed by atoms with Gasteiger partial charge in [0.05, 0.1) is 13.7 Å². The highest BCUT2D eigenvalue weighted by molar-refractivity contribution is 5.85. The third-order valence-corrected chi connectivity index (χ3v) is 5.08. The number of nitrogens with two attached hydrogens (primary N) is 1. The first-order chi connectivity index (χ1) is 15.2. The van der Waals surface area contributed by atoms with Crippen LogP contribution >= 0.6 is 0 Å². The van der Waals surface area contributed by atoms with E-state index in [4.69, 9.17) is 20.2 Å². The van der Waals surface area contributed by atoms with Crippen LogP contribution in [-0.4, -0.2) is 33.2 Å². The fourth-order valence-corrected chi connectivity index (χ4v) is 3.55. The second kappa shape index (κ2) is 9.47. The van der Waals surface area contributed by atoms with E-state index < -0.39 is 0 Å². The van der Waals surface area contributed by atoms with E-state index in [1.165, 1.54) is 5.56 Å². The molecule has 0 saturated carbocycles. The molecule has 0 spiro atoms. The number of benzene rings is 2. The molecule has 0 fully saturated rings. The number of nitrogens with zero attached hydrogens (tertiary/aromatic N) is 4. The van der Waals surface area contributed by atoms with Crippen LogP contribution in [0, 0.1) is 0 Å². The smallest absolute Gasteiger partial charge is 0.320 e. The summed E-state index contributed by atoms with van der Waals surface area (Å²) in [7, 11) is 1.65. The minimum absolute atomic E-state index is 0.289. The highest BCUT2D eigenvalue weighted by Gasteiger charge is 2.18. The predicted molar refractivity (Wildman–Crippen MR) is 122 cm³/mol. The van der Waals surface area contributed by atoms with Crippen molar-refractivity contribution in [3.05, 3.63) is 60.2 Å². The Balaban J connectivity index is 1.58. The van der Waals surface area contributed by atoms with Crippen LogP contribution in [0.5, 0.6) is 11.8 Å². The summed E-state index contributed by atoms with van der Waals surface area (Å²) in [5.41, 5.74) is 9.77. The van der Waals surface area contributed by atoms with E-state index in [2.05, 4.69) is 33.6 Å². The van der Waals surface area contributed by atoms with Gasteiger partial charge in [-0.2, -0.15) is 9.97 Å². The van der Waals surface area contributed by atoms with Crippen molar-refractivity contribution in [2.75, 3.05) is 19.5 Å². The SMILES string of the molecule is CCCn1c(-c2ccc(OC)cc2)nc2c(N)nc(OCCCc3ccccc3)nc21. The van der Waals surface area contributed by atoms with Gasteiger partial charge in [0, 0.05) is 12.1 Å². The van der Waals surface area contributed by atoms with Crippen molar-refractivity contribution in [3.8, 4) is 23.1 Å². The van der Waals surface area contributed by atoms with Crippen molar-refractivity contribution in [1.29, 1.82) is 0 Å². The van der Waals surface area contributed by atoms with Gasteiger partial charge in [-0.25, -0.2) is 4.98 Å². The maximum absolute atomic E-state index is 6.23. The molecule has 0 unspecified atom stereocenters. The van der Waals surface area contributed by atoms with Crippen molar-refractivity contribution in [2.45, 2.75) is 32.7 Å². The zero-order valence-electron chi connectivity index (χ0n) is 17.9. The Bertz CT molecular complexity index is 1140. The van der Waals surface area contributed by atoms with Gasteiger partial charge in [-0.3, -0.25) is 0 Å². The number of fused-ring (bicyclic) bond motifs is 1. The van der Waals surface area contributed by atoms with E-state index in [1.807, 2.05) is 42.5 Å². The maximum Gasteiger partial charge on any atom is 0.320 e. The summed E-state index contributed by atoms with van der Waals surface area (Å²) in [5.74, 6) is 1.93. The molecule has 0 aliphatic carbocycles. The number of nitrogen functional groups attached to an aromatic ring is 1. The summed E-state index contributed by atoms with van der Waals surface area (Å²) in [6.07, 6.45) is 2.75. The molecule has 0 atom stereocenters. The average molecular weight is 418 g/mol. The molecular weight excluding hydrogens is 390 g/mol. The Hall–Kier alpha value is -3.61.